The number of nitrogens with one attached hydrogen (secondary N) is 1. The van der Waals surface area contributed by atoms with Crippen LogP contribution in [0.4, 0.5) is 0 Å². The third-order valence-electron chi connectivity index (χ3n) is 4.07. The van der Waals surface area contributed by atoms with Crippen molar-refractivity contribution in [2.24, 2.45) is 0 Å². The molecule has 0 saturated heterocycles. The van der Waals surface area contributed by atoms with Gasteiger partial charge in [0.05, 0.1) is 13.7 Å². The van der Waals surface area contributed by atoms with E-state index in [9.17, 15) is 4.79 Å². The molecule has 24 heavy (non-hydrogen) atoms. The lowest BCUT2D eigenvalue weighted by atomic mass is 10.0. The van der Waals surface area contributed by atoms with E-state index >= 15 is 0 Å². The molecule has 0 bridgehead atoms. The zero-order valence-electron chi connectivity index (χ0n) is 15.1. The van der Waals surface area contributed by atoms with E-state index in [2.05, 4.69) is 5.32 Å². The standard InChI is InChI=1S/C19H25NO4/c1-11(7-19(21)20-12(2)10-22-5)15-8-16-13(3)14(4)24-18(16)9-17(15)23-6/h7-9,12H,10H2,1-6H3,(H,20,21)/b11-7+. The number of carbonyl (C=O) groups excluding carboxylic acids is 1. The summed E-state index contributed by atoms with van der Waals surface area (Å²) >= 11 is 0. The fraction of sp³-hybridized carbons (Fsp3) is 0.421. The molecule has 1 unspecified atom stereocenters. The molecule has 0 spiro atoms. The fourth-order valence-corrected chi connectivity index (χ4v) is 2.70. The van der Waals surface area contributed by atoms with E-state index in [1.54, 1.807) is 20.3 Å². The Hall–Kier alpha value is -2.27. The number of methoxy groups -OCH3 is 2. The van der Waals surface area contributed by atoms with Gasteiger partial charge in [0.15, 0.2) is 0 Å². The molecule has 0 aliphatic carbocycles. The van der Waals surface area contributed by atoms with Gasteiger partial charge in [-0.15, -0.1) is 0 Å². The van der Waals surface area contributed by atoms with E-state index in [-0.39, 0.29) is 11.9 Å². The average Bonchev–Trinajstić information content (AvgIpc) is 2.80. The quantitative estimate of drug-likeness (QED) is 0.822. The Bertz CT molecular complexity index is 773. The molecular weight excluding hydrogens is 306 g/mol. The first-order valence-corrected chi connectivity index (χ1v) is 7.93. The summed E-state index contributed by atoms with van der Waals surface area (Å²) in [6, 6.07) is 3.83. The molecule has 130 valence electrons. The summed E-state index contributed by atoms with van der Waals surface area (Å²) in [4.78, 5) is 12.1. The van der Waals surface area contributed by atoms with Crippen LogP contribution in [0.15, 0.2) is 22.6 Å². The number of allylic oxidation sites excluding steroid dienone is 1. The molecule has 0 radical (unpaired) electrons. The van der Waals surface area contributed by atoms with Gasteiger partial charge in [-0.3, -0.25) is 4.79 Å². The zero-order chi connectivity index (χ0) is 17.9. The molecule has 2 aromatic rings. The fourth-order valence-electron chi connectivity index (χ4n) is 2.70. The van der Waals surface area contributed by atoms with Crippen LogP contribution in [0, 0.1) is 13.8 Å². The molecule has 5 heteroatoms. The molecule has 1 atom stereocenters. The summed E-state index contributed by atoms with van der Waals surface area (Å²) in [7, 11) is 3.22. The molecule has 1 N–H and O–H groups in total. The number of carbonyl (C=O) groups is 1. The Kier molecular flexibility index (Phi) is 5.67. The van der Waals surface area contributed by atoms with Crippen LogP contribution in [-0.4, -0.2) is 32.8 Å². The van der Waals surface area contributed by atoms with Crippen LogP contribution in [0.2, 0.25) is 0 Å². The van der Waals surface area contributed by atoms with E-state index in [4.69, 9.17) is 13.9 Å². The second kappa shape index (κ2) is 7.53. The molecule has 1 aromatic carbocycles. The highest BCUT2D eigenvalue weighted by Crippen LogP contribution is 2.34. The van der Waals surface area contributed by atoms with Crippen molar-refractivity contribution < 1.29 is 18.7 Å². The largest absolute Gasteiger partial charge is 0.496 e. The van der Waals surface area contributed by atoms with Crippen LogP contribution in [0.1, 0.15) is 30.7 Å². The predicted octanol–water partition coefficient (Wildman–Crippen LogP) is 3.61. The lowest BCUT2D eigenvalue weighted by Crippen LogP contribution is -2.34. The highest BCUT2D eigenvalue weighted by atomic mass is 16.5. The Labute approximate surface area is 142 Å². The smallest absolute Gasteiger partial charge is 0.244 e. The lowest BCUT2D eigenvalue weighted by molar-refractivity contribution is -0.117. The van der Waals surface area contributed by atoms with Crippen LogP contribution in [0.25, 0.3) is 16.5 Å². The molecule has 5 nitrogen and oxygen atoms in total. The van der Waals surface area contributed by atoms with Gasteiger partial charge >= 0.3 is 0 Å². The Morgan fingerprint density at radius 3 is 2.67 bits per heavy atom. The van der Waals surface area contributed by atoms with Crippen molar-refractivity contribution in [2.45, 2.75) is 33.7 Å². The SMILES string of the molecule is COCC(C)NC(=O)/C=C(\C)c1cc2c(C)c(C)oc2cc1OC. The maximum atomic E-state index is 12.1. The minimum Gasteiger partial charge on any atom is -0.496 e. The molecule has 1 aromatic heterocycles. The van der Waals surface area contributed by atoms with Gasteiger partial charge in [-0.1, -0.05) is 0 Å². The van der Waals surface area contributed by atoms with Crippen LogP contribution in [0.5, 0.6) is 5.75 Å². The number of hydrogen-bond donors (Lipinski definition) is 1. The van der Waals surface area contributed by atoms with E-state index in [1.807, 2.05) is 39.8 Å². The number of amides is 1. The number of aryl methyl sites for hydroxylation is 2. The van der Waals surface area contributed by atoms with Crippen molar-refractivity contribution in [3.8, 4) is 5.75 Å². The van der Waals surface area contributed by atoms with Gasteiger partial charge in [0, 0.05) is 36.2 Å². The van der Waals surface area contributed by atoms with Gasteiger partial charge in [0.1, 0.15) is 17.1 Å². The molecule has 1 amide bonds. The van der Waals surface area contributed by atoms with Crippen LogP contribution >= 0.6 is 0 Å². The maximum absolute atomic E-state index is 12.1. The maximum Gasteiger partial charge on any atom is 0.244 e. The van der Waals surface area contributed by atoms with E-state index in [1.165, 1.54) is 0 Å². The molecule has 0 fully saturated rings. The third kappa shape index (κ3) is 3.79. The first kappa shape index (κ1) is 18.1. The summed E-state index contributed by atoms with van der Waals surface area (Å²) in [6.07, 6.45) is 1.58. The van der Waals surface area contributed by atoms with E-state index < -0.39 is 0 Å². The first-order valence-electron chi connectivity index (χ1n) is 7.93. The van der Waals surface area contributed by atoms with Crippen LogP contribution in [0.3, 0.4) is 0 Å². The average molecular weight is 331 g/mol. The minimum atomic E-state index is -0.153. The molecule has 0 aliphatic rings. The number of hydrogen-bond acceptors (Lipinski definition) is 4. The van der Waals surface area contributed by atoms with Crippen LogP contribution in [-0.2, 0) is 9.53 Å². The monoisotopic (exact) mass is 331 g/mol. The number of ether oxygens (including phenoxy) is 2. The molecular formula is C19H25NO4. The topological polar surface area (TPSA) is 60.7 Å². The normalized spacial score (nSPS) is 13.2. The van der Waals surface area contributed by atoms with Crippen molar-refractivity contribution in [2.75, 3.05) is 20.8 Å². The summed E-state index contributed by atoms with van der Waals surface area (Å²) in [6.45, 7) is 8.23. The number of furan rings is 1. The molecule has 2 rings (SSSR count). The Balaban J connectivity index is 2.37. The number of benzene rings is 1. The summed E-state index contributed by atoms with van der Waals surface area (Å²) in [5.74, 6) is 1.42. The first-order chi connectivity index (χ1) is 11.4. The number of fused-ring (bicyclic) bond motifs is 1. The van der Waals surface area contributed by atoms with Crippen molar-refractivity contribution in [3.05, 3.63) is 35.1 Å². The van der Waals surface area contributed by atoms with Gasteiger partial charge in [0.2, 0.25) is 5.91 Å². The Morgan fingerprint density at radius 2 is 2.04 bits per heavy atom. The third-order valence-corrected chi connectivity index (χ3v) is 4.07. The second-order valence-corrected chi connectivity index (χ2v) is 6.02. The second-order valence-electron chi connectivity index (χ2n) is 6.02. The van der Waals surface area contributed by atoms with Gasteiger partial charge in [-0.2, -0.15) is 0 Å². The predicted molar refractivity (Wildman–Crippen MR) is 95.4 cm³/mol. The zero-order valence-corrected chi connectivity index (χ0v) is 15.1. The van der Waals surface area contributed by atoms with Gasteiger partial charge in [0.25, 0.3) is 0 Å². The summed E-state index contributed by atoms with van der Waals surface area (Å²) < 4.78 is 16.2. The van der Waals surface area contributed by atoms with Crippen molar-refractivity contribution >= 4 is 22.4 Å². The summed E-state index contributed by atoms with van der Waals surface area (Å²) in [5, 5.41) is 3.90. The van der Waals surface area contributed by atoms with E-state index in [0.717, 1.165) is 33.4 Å². The number of rotatable bonds is 6. The van der Waals surface area contributed by atoms with Crippen LogP contribution < -0.4 is 10.1 Å². The molecule has 1 heterocycles. The van der Waals surface area contributed by atoms with Gasteiger partial charge < -0.3 is 19.2 Å². The van der Waals surface area contributed by atoms with Crippen molar-refractivity contribution in [1.29, 1.82) is 0 Å². The van der Waals surface area contributed by atoms with Crippen molar-refractivity contribution in [3.63, 3.8) is 0 Å². The Morgan fingerprint density at radius 1 is 1.33 bits per heavy atom. The highest BCUT2D eigenvalue weighted by Gasteiger charge is 2.14. The van der Waals surface area contributed by atoms with Gasteiger partial charge in [-0.05, 0) is 44.9 Å². The van der Waals surface area contributed by atoms with Crippen molar-refractivity contribution in [1.82, 2.24) is 5.32 Å². The highest BCUT2D eigenvalue weighted by molar-refractivity contribution is 5.97. The van der Waals surface area contributed by atoms with E-state index in [0.29, 0.717) is 12.4 Å². The molecule has 0 saturated carbocycles. The molecule has 0 aliphatic heterocycles. The summed E-state index contributed by atoms with van der Waals surface area (Å²) in [5.41, 5.74) is 3.59. The lowest BCUT2D eigenvalue weighted by Gasteiger charge is -2.12. The van der Waals surface area contributed by atoms with Gasteiger partial charge in [-0.25, -0.2) is 0 Å². The minimum absolute atomic E-state index is 0.0466.